The molecule has 3 nitrogen and oxygen atoms in total. The molecule has 0 radical (unpaired) electrons. The summed E-state index contributed by atoms with van der Waals surface area (Å²) in [6.45, 7) is 9.88. The predicted molar refractivity (Wildman–Crippen MR) is 90.7 cm³/mol. The molecular weight excluding hydrogens is 344 g/mol. The number of carbonyl (C=O) groups excluding carboxylic acids is 1. The van der Waals surface area contributed by atoms with Crippen LogP contribution in [0, 0.1) is 0 Å². The highest BCUT2D eigenvalue weighted by molar-refractivity contribution is 9.10. The third-order valence-corrected chi connectivity index (χ3v) is 5.55. The lowest BCUT2D eigenvalue weighted by molar-refractivity contribution is -0.131. The van der Waals surface area contributed by atoms with Crippen LogP contribution in [0.1, 0.15) is 40.2 Å². The number of ether oxygens (including phenoxy) is 2. The molecule has 0 unspecified atom stereocenters. The maximum atomic E-state index is 11.5. The first-order valence-electron chi connectivity index (χ1n) is 7.29. The number of halogens is 1. The Morgan fingerprint density at radius 1 is 1.14 bits per heavy atom. The van der Waals surface area contributed by atoms with Gasteiger partial charge < -0.3 is 9.47 Å². The Bertz CT molecular complexity index is 791. The van der Waals surface area contributed by atoms with Crippen molar-refractivity contribution in [2.75, 3.05) is 0 Å². The van der Waals surface area contributed by atoms with Gasteiger partial charge in [-0.25, -0.2) is 0 Å². The van der Waals surface area contributed by atoms with Crippen LogP contribution in [0.15, 0.2) is 28.7 Å². The quantitative estimate of drug-likeness (QED) is 0.530. The molecule has 1 aliphatic rings. The van der Waals surface area contributed by atoms with Crippen molar-refractivity contribution in [3.05, 3.63) is 34.3 Å². The Labute approximate surface area is 138 Å². The summed E-state index contributed by atoms with van der Waals surface area (Å²) in [5.74, 6) is 1.10. The molecule has 0 N–H and O–H groups in total. The molecule has 0 fully saturated rings. The number of rotatable bonds is 1. The second-order valence-electron chi connectivity index (χ2n) is 6.72. The van der Waals surface area contributed by atoms with E-state index in [9.17, 15) is 4.79 Å². The standard InChI is InChI=1S/C18H19BrO3/c1-10(20)21-16-12-9-7-6-8-11(12)15-13(14(16)19)17(2,3)18(4,5)22-15/h6-9H,1-5H3. The molecule has 0 spiro atoms. The molecule has 116 valence electrons. The maximum Gasteiger partial charge on any atom is 0.308 e. The Hall–Kier alpha value is -1.55. The van der Waals surface area contributed by atoms with Crippen molar-refractivity contribution < 1.29 is 14.3 Å². The van der Waals surface area contributed by atoms with Crippen molar-refractivity contribution in [1.29, 1.82) is 0 Å². The summed E-state index contributed by atoms with van der Waals surface area (Å²) in [5.41, 5.74) is 0.475. The molecule has 0 amide bonds. The minimum Gasteiger partial charge on any atom is -0.486 e. The first-order valence-corrected chi connectivity index (χ1v) is 8.08. The van der Waals surface area contributed by atoms with Gasteiger partial charge in [0.25, 0.3) is 0 Å². The van der Waals surface area contributed by atoms with E-state index in [0.29, 0.717) is 5.75 Å². The van der Waals surface area contributed by atoms with Gasteiger partial charge in [0.15, 0.2) is 5.75 Å². The molecule has 1 heterocycles. The number of benzene rings is 2. The van der Waals surface area contributed by atoms with Gasteiger partial charge in [0.1, 0.15) is 11.4 Å². The van der Waals surface area contributed by atoms with E-state index < -0.39 is 0 Å². The molecule has 0 aliphatic carbocycles. The summed E-state index contributed by atoms with van der Waals surface area (Å²) in [5, 5.41) is 1.84. The van der Waals surface area contributed by atoms with Crippen LogP contribution in [0.25, 0.3) is 10.8 Å². The van der Waals surface area contributed by atoms with Crippen LogP contribution in [0.5, 0.6) is 11.5 Å². The summed E-state index contributed by atoms with van der Waals surface area (Å²) in [6, 6.07) is 7.85. The molecular formula is C18H19BrO3. The van der Waals surface area contributed by atoms with Crippen molar-refractivity contribution in [2.45, 2.75) is 45.6 Å². The molecule has 4 heteroatoms. The van der Waals surface area contributed by atoms with Crippen molar-refractivity contribution in [2.24, 2.45) is 0 Å². The second-order valence-corrected chi connectivity index (χ2v) is 7.52. The summed E-state index contributed by atoms with van der Waals surface area (Å²) in [7, 11) is 0. The molecule has 2 aromatic rings. The summed E-state index contributed by atoms with van der Waals surface area (Å²) >= 11 is 3.65. The van der Waals surface area contributed by atoms with Gasteiger partial charge >= 0.3 is 5.97 Å². The maximum absolute atomic E-state index is 11.5. The van der Waals surface area contributed by atoms with Gasteiger partial charge in [-0.05, 0) is 29.8 Å². The molecule has 22 heavy (non-hydrogen) atoms. The Morgan fingerprint density at radius 2 is 1.73 bits per heavy atom. The van der Waals surface area contributed by atoms with E-state index in [1.165, 1.54) is 6.92 Å². The van der Waals surface area contributed by atoms with Gasteiger partial charge in [-0.2, -0.15) is 0 Å². The lowest BCUT2D eigenvalue weighted by Crippen LogP contribution is -2.42. The first-order chi connectivity index (χ1) is 10.2. The van der Waals surface area contributed by atoms with Crippen molar-refractivity contribution in [3.8, 4) is 11.5 Å². The number of fused-ring (bicyclic) bond motifs is 3. The molecule has 0 atom stereocenters. The van der Waals surface area contributed by atoms with Gasteiger partial charge in [-0.1, -0.05) is 38.1 Å². The molecule has 0 aromatic heterocycles. The predicted octanol–water partition coefficient (Wildman–Crippen LogP) is 4.98. The van der Waals surface area contributed by atoms with Crippen LogP contribution in [-0.2, 0) is 10.2 Å². The minimum absolute atomic E-state index is 0.222. The van der Waals surface area contributed by atoms with E-state index in [-0.39, 0.29) is 17.0 Å². The number of hydrogen-bond acceptors (Lipinski definition) is 3. The van der Waals surface area contributed by atoms with Crippen molar-refractivity contribution in [1.82, 2.24) is 0 Å². The third kappa shape index (κ3) is 1.97. The van der Waals surface area contributed by atoms with Crippen LogP contribution in [0.2, 0.25) is 0 Å². The van der Waals surface area contributed by atoms with Crippen LogP contribution in [0.3, 0.4) is 0 Å². The second kappa shape index (κ2) is 4.72. The highest BCUT2D eigenvalue weighted by Crippen LogP contribution is 2.57. The molecule has 1 aliphatic heterocycles. The highest BCUT2D eigenvalue weighted by atomic mass is 79.9. The first kappa shape index (κ1) is 15.3. The molecule has 2 aromatic carbocycles. The van der Waals surface area contributed by atoms with E-state index in [0.717, 1.165) is 26.6 Å². The number of hydrogen-bond donors (Lipinski definition) is 0. The van der Waals surface area contributed by atoms with E-state index in [2.05, 4.69) is 43.6 Å². The zero-order chi connectivity index (χ0) is 16.3. The Kier molecular flexibility index (Phi) is 3.29. The average molecular weight is 363 g/mol. The largest absolute Gasteiger partial charge is 0.486 e. The zero-order valence-corrected chi connectivity index (χ0v) is 15.0. The number of carbonyl (C=O) groups is 1. The van der Waals surface area contributed by atoms with E-state index >= 15 is 0 Å². The lowest BCUT2D eigenvalue weighted by atomic mass is 9.73. The fourth-order valence-electron chi connectivity index (χ4n) is 2.94. The van der Waals surface area contributed by atoms with Gasteiger partial charge in [0.2, 0.25) is 0 Å². The fourth-order valence-corrected chi connectivity index (χ4v) is 3.91. The molecule has 0 saturated heterocycles. The average Bonchev–Trinajstić information content (AvgIpc) is 2.61. The monoisotopic (exact) mass is 362 g/mol. The van der Waals surface area contributed by atoms with Crippen LogP contribution < -0.4 is 9.47 Å². The van der Waals surface area contributed by atoms with Gasteiger partial charge in [0, 0.05) is 28.7 Å². The summed E-state index contributed by atoms with van der Waals surface area (Å²) in [6.07, 6.45) is 0. The summed E-state index contributed by atoms with van der Waals surface area (Å²) in [4.78, 5) is 11.5. The smallest absolute Gasteiger partial charge is 0.308 e. The van der Waals surface area contributed by atoms with Gasteiger partial charge in [-0.15, -0.1) is 0 Å². The molecule has 0 saturated carbocycles. The summed E-state index contributed by atoms with van der Waals surface area (Å²) < 4.78 is 12.6. The topological polar surface area (TPSA) is 35.5 Å². The van der Waals surface area contributed by atoms with Crippen molar-refractivity contribution >= 4 is 32.7 Å². The minimum atomic E-state index is -0.352. The van der Waals surface area contributed by atoms with Gasteiger partial charge in [-0.3, -0.25) is 4.79 Å². The van der Waals surface area contributed by atoms with Crippen LogP contribution >= 0.6 is 15.9 Å². The Balaban J connectivity index is 2.44. The van der Waals surface area contributed by atoms with E-state index in [1.54, 1.807) is 0 Å². The number of esters is 1. The molecule has 3 rings (SSSR count). The SMILES string of the molecule is CC(=O)Oc1c(Br)c2c(c3ccccc13)OC(C)(C)C2(C)C. The van der Waals surface area contributed by atoms with Crippen LogP contribution in [-0.4, -0.2) is 11.6 Å². The van der Waals surface area contributed by atoms with Crippen molar-refractivity contribution in [3.63, 3.8) is 0 Å². The van der Waals surface area contributed by atoms with E-state index in [1.807, 2.05) is 24.3 Å². The lowest BCUT2D eigenvalue weighted by Gasteiger charge is -2.33. The highest BCUT2D eigenvalue weighted by Gasteiger charge is 2.50. The normalized spacial score (nSPS) is 17.9. The van der Waals surface area contributed by atoms with Gasteiger partial charge in [0.05, 0.1) is 4.47 Å². The Morgan fingerprint density at radius 3 is 2.32 bits per heavy atom. The fraction of sp³-hybridized carbons (Fsp3) is 0.389. The third-order valence-electron chi connectivity index (χ3n) is 4.80. The van der Waals surface area contributed by atoms with E-state index in [4.69, 9.17) is 9.47 Å². The zero-order valence-electron chi connectivity index (χ0n) is 13.4. The van der Waals surface area contributed by atoms with Crippen LogP contribution in [0.4, 0.5) is 0 Å². The molecule has 0 bridgehead atoms.